The molecule has 2 aromatic carbocycles. The molecule has 0 aliphatic carbocycles. The Bertz CT molecular complexity index is 702. The summed E-state index contributed by atoms with van der Waals surface area (Å²) in [4.78, 5) is 10.4. The van der Waals surface area contributed by atoms with Crippen LogP contribution in [0.25, 0.3) is 0 Å². The number of halogens is 2. The third-order valence-corrected chi connectivity index (χ3v) is 3.77. The largest absolute Gasteiger partial charge is 0.348 e. The van der Waals surface area contributed by atoms with E-state index in [-0.39, 0.29) is 5.28 Å². The predicted molar refractivity (Wildman–Crippen MR) is 94.8 cm³/mol. The molecule has 0 atom stereocenters. The molecule has 1 heterocycles. The van der Waals surface area contributed by atoms with Gasteiger partial charge in [0.2, 0.25) is 5.28 Å². The smallest absolute Gasteiger partial charge is 0.225 e. The number of anilines is 1. The summed E-state index contributed by atoms with van der Waals surface area (Å²) in [7, 11) is 0. The van der Waals surface area contributed by atoms with Gasteiger partial charge in [0.1, 0.15) is 11.0 Å². The molecule has 0 amide bonds. The molecule has 3 nitrogen and oxygen atoms in total. The van der Waals surface area contributed by atoms with E-state index in [1.165, 1.54) is 11.1 Å². The van der Waals surface area contributed by atoms with Crippen molar-refractivity contribution in [2.24, 2.45) is 0 Å². The standard InChI is InChI=1S/C18H15Cl2N3/c19-16-11-17(22-18(20)21-16)23(12-14-7-3-1-4-8-14)13-15-9-5-2-6-10-15/h1-11H,12-13H2. The van der Waals surface area contributed by atoms with Crippen LogP contribution in [0.5, 0.6) is 0 Å². The van der Waals surface area contributed by atoms with Crippen LogP contribution in [0, 0.1) is 0 Å². The minimum Gasteiger partial charge on any atom is -0.348 e. The van der Waals surface area contributed by atoms with Crippen molar-refractivity contribution in [1.29, 1.82) is 0 Å². The van der Waals surface area contributed by atoms with Crippen LogP contribution < -0.4 is 4.90 Å². The van der Waals surface area contributed by atoms with Gasteiger partial charge >= 0.3 is 0 Å². The van der Waals surface area contributed by atoms with Crippen LogP contribution in [0.15, 0.2) is 66.7 Å². The van der Waals surface area contributed by atoms with Crippen LogP contribution in [0.2, 0.25) is 10.4 Å². The molecular formula is C18H15Cl2N3. The molecule has 0 saturated heterocycles. The van der Waals surface area contributed by atoms with Crippen LogP contribution in [0.1, 0.15) is 11.1 Å². The number of nitrogens with zero attached hydrogens (tertiary/aromatic N) is 3. The lowest BCUT2D eigenvalue weighted by Gasteiger charge is -2.24. The number of benzene rings is 2. The quantitative estimate of drug-likeness (QED) is 0.482. The fraction of sp³-hybridized carbons (Fsp3) is 0.111. The maximum Gasteiger partial charge on any atom is 0.225 e. The number of hydrogen-bond donors (Lipinski definition) is 0. The normalized spacial score (nSPS) is 10.5. The third kappa shape index (κ3) is 4.44. The van der Waals surface area contributed by atoms with Crippen molar-refractivity contribution in [3.8, 4) is 0 Å². The minimum atomic E-state index is 0.152. The van der Waals surface area contributed by atoms with Crippen molar-refractivity contribution in [2.45, 2.75) is 13.1 Å². The summed E-state index contributed by atoms with van der Waals surface area (Å²) in [5, 5.41) is 0.491. The molecule has 1 aromatic heterocycles. The molecule has 0 unspecified atom stereocenters. The molecule has 0 N–H and O–H groups in total. The molecule has 0 saturated carbocycles. The van der Waals surface area contributed by atoms with E-state index in [1.807, 2.05) is 36.4 Å². The van der Waals surface area contributed by atoms with Gasteiger partial charge in [-0.25, -0.2) is 9.97 Å². The van der Waals surface area contributed by atoms with Crippen molar-refractivity contribution in [1.82, 2.24) is 9.97 Å². The third-order valence-electron chi connectivity index (χ3n) is 3.41. The zero-order valence-corrected chi connectivity index (χ0v) is 13.9. The van der Waals surface area contributed by atoms with Gasteiger partial charge in [-0.15, -0.1) is 0 Å². The average molecular weight is 344 g/mol. The summed E-state index contributed by atoms with van der Waals surface area (Å²) < 4.78 is 0. The highest BCUT2D eigenvalue weighted by molar-refractivity contribution is 6.32. The average Bonchev–Trinajstić information content (AvgIpc) is 2.55. The Kier molecular flexibility index (Phi) is 5.11. The zero-order valence-electron chi connectivity index (χ0n) is 12.4. The lowest BCUT2D eigenvalue weighted by atomic mass is 10.1. The van der Waals surface area contributed by atoms with E-state index < -0.39 is 0 Å². The van der Waals surface area contributed by atoms with Crippen LogP contribution in [-0.4, -0.2) is 9.97 Å². The molecule has 116 valence electrons. The molecule has 0 bridgehead atoms. The summed E-state index contributed by atoms with van der Waals surface area (Å²) in [5.74, 6) is 0.711. The molecule has 3 aromatic rings. The molecule has 0 spiro atoms. The molecule has 0 fully saturated rings. The van der Waals surface area contributed by atoms with Crippen molar-refractivity contribution in [3.63, 3.8) is 0 Å². The van der Waals surface area contributed by atoms with Gasteiger partial charge in [0.05, 0.1) is 0 Å². The highest BCUT2D eigenvalue weighted by Crippen LogP contribution is 2.22. The van der Waals surface area contributed by atoms with E-state index in [0.29, 0.717) is 24.1 Å². The highest BCUT2D eigenvalue weighted by Gasteiger charge is 2.12. The molecule has 0 radical (unpaired) electrons. The maximum atomic E-state index is 6.04. The Labute approximate surface area is 145 Å². The Hall–Kier alpha value is -2.10. The first kappa shape index (κ1) is 15.8. The van der Waals surface area contributed by atoms with Crippen molar-refractivity contribution < 1.29 is 0 Å². The summed E-state index contributed by atoms with van der Waals surface area (Å²) in [6.45, 7) is 1.42. The highest BCUT2D eigenvalue weighted by atomic mass is 35.5. The van der Waals surface area contributed by atoms with Gasteiger partial charge < -0.3 is 4.90 Å². The molecule has 0 aliphatic rings. The molecule has 3 rings (SSSR count). The summed E-state index contributed by atoms with van der Waals surface area (Å²) in [5.41, 5.74) is 2.38. The van der Waals surface area contributed by atoms with Gasteiger partial charge in [-0.05, 0) is 22.7 Å². The van der Waals surface area contributed by atoms with E-state index in [9.17, 15) is 0 Å². The topological polar surface area (TPSA) is 29.0 Å². The summed E-state index contributed by atoms with van der Waals surface area (Å²) in [6, 6.07) is 22.2. The van der Waals surface area contributed by atoms with Crippen molar-refractivity contribution in [3.05, 3.63) is 88.3 Å². The maximum absolute atomic E-state index is 6.04. The number of hydrogen-bond acceptors (Lipinski definition) is 3. The number of rotatable bonds is 5. The molecule has 23 heavy (non-hydrogen) atoms. The van der Waals surface area contributed by atoms with Gasteiger partial charge in [-0.2, -0.15) is 0 Å². The second-order valence-corrected chi connectivity index (χ2v) is 5.87. The second-order valence-electron chi connectivity index (χ2n) is 5.15. The van der Waals surface area contributed by atoms with E-state index >= 15 is 0 Å². The first-order chi connectivity index (χ1) is 11.2. The Balaban J connectivity index is 1.92. The van der Waals surface area contributed by atoms with Crippen LogP contribution in [0.3, 0.4) is 0 Å². The van der Waals surface area contributed by atoms with Gasteiger partial charge in [0.15, 0.2) is 0 Å². The van der Waals surface area contributed by atoms with E-state index in [0.717, 1.165) is 0 Å². The first-order valence-corrected chi connectivity index (χ1v) is 7.99. The fourth-order valence-electron chi connectivity index (χ4n) is 2.37. The fourth-order valence-corrected chi connectivity index (χ4v) is 2.76. The summed E-state index contributed by atoms with van der Waals surface area (Å²) >= 11 is 12.0. The van der Waals surface area contributed by atoms with Crippen molar-refractivity contribution >= 4 is 29.0 Å². The van der Waals surface area contributed by atoms with Gasteiger partial charge in [-0.3, -0.25) is 0 Å². The zero-order chi connectivity index (χ0) is 16.1. The lowest BCUT2D eigenvalue weighted by molar-refractivity contribution is 0.780. The monoisotopic (exact) mass is 343 g/mol. The van der Waals surface area contributed by atoms with Crippen LogP contribution >= 0.6 is 23.2 Å². The SMILES string of the molecule is Clc1cc(N(Cc2ccccc2)Cc2ccccc2)nc(Cl)n1. The Morgan fingerprint density at radius 3 is 1.74 bits per heavy atom. The van der Waals surface area contributed by atoms with Crippen LogP contribution in [-0.2, 0) is 13.1 Å². The number of aromatic nitrogens is 2. The molecule has 5 heteroatoms. The Morgan fingerprint density at radius 2 is 1.26 bits per heavy atom. The lowest BCUT2D eigenvalue weighted by Crippen LogP contribution is -2.23. The van der Waals surface area contributed by atoms with E-state index in [4.69, 9.17) is 23.2 Å². The van der Waals surface area contributed by atoms with Crippen molar-refractivity contribution in [2.75, 3.05) is 4.90 Å². The van der Waals surface area contributed by atoms with Gasteiger partial charge in [-0.1, -0.05) is 72.3 Å². The van der Waals surface area contributed by atoms with Crippen LogP contribution in [0.4, 0.5) is 5.82 Å². The molecular weight excluding hydrogens is 329 g/mol. The van der Waals surface area contributed by atoms with Gasteiger partial charge in [0, 0.05) is 19.2 Å². The summed E-state index contributed by atoms with van der Waals surface area (Å²) in [6.07, 6.45) is 0. The van der Waals surface area contributed by atoms with Gasteiger partial charge in [0.25, 0.3) is 0 Å². The first-order valence-electron chi connectivity index (χ1n) is 7.23. The van der Waals surface area contributed by atoms with E-state index in [2.05, 4.69) is 39.1 Å². The molecule has 0 aliphatic heterocycles. The Morgan fingerprint density at radius 1 is 0.739 bits per heavy atom. The predicted octanol–water partition coefficient (Wildman–Crippen LogP) is 4.99. The van der Waals surface area contributed by atoms with E-state index in [1.54, 1.807) is 6.07 Å². The minimum absolute atomic E-state index is 0.152. The second kappa shape index (κ2) is 7.44.